The fourth-order valence-corrected chi connectivity index (χ4v) is 3.71. The Hall–Kier alpha value is -3.88. The predicted octanol–water partition coefficient (Wildman–Crippen LogP) is 3.53. The highest BCUT2D eigenvalue weighted by Gasteiger charge is 2.25. The third-order valence-electron chi connectivity index (χ3n) is 5.43. The number of hydrogen-bond acceptors (Lipinski definition) is 7. The maximum Gasteiger partial charge on any atom is 0.307 e. The van der Waals surface area contributed by atoms with Crippen molar-refractivity contribution >= 4 is 23.3 Å². The summed E-state index contributed by atoms with van der Waals surface area (Å²) >= 11 is 0. The van der Waals surface area contributed by atoms with Crippen molar-refractivity contribution in [3.05, 3.63) is 65.3 Å². The molecule has 9 heteroatoms. The maximum atomic E-state index is 13.0. The van der Waals surface area contributed by atoms with Gasteiger partial charge in [0.25, 0.3) is 0 Å². The lowest BCUT2D eigenvalue weighted by molar-refractivity contribution is -0.146. The first kappa shape index (κ1) is 22.3. The Balaban J connectivity index is 1.31. The molecular weight excluding hydrogens is 429 g/mol. The predicted molar refractivity (Wildman–Crippen MR) is 116 cm³/mol. The average molecular weight is 451 g/mol. The zero-order valence-corrected chi connectivity index (χ0v) is 18.2. The van der Waals surface area contributed by atoms with Crippen LogP contribution in [0.25, 0.3) is 11.4 Å². The lowest BCUT2D eigenvalue weighted by atomic mass is 10.0. The third-order valence-corrected chi connectivity index (χ3v) is 5.43. The van der Waals surface area contributed by atoms with Gasteiger partial charge in [-0.1, -0.05) is 5.16 Å². The van der Waals surface area contributed by atoms with E-state index in [2.05, 4.69) is 10.1 Å². The molecule has 0 N–H and O–H groups in total. The van der Waals surface area contributed by atoms with Crippen LogP contribution in [0, 0.1) is 5.82 Å². The Morgan fingerprint density at radius 3 is 2.67 bits per heavy atom. The van der Waals surface area contributed by atoms with Gasteiger partial charge in [0.15, 0.2) is 6.10 Å². The van der Waals surface area contributed by atoms with Crippen LogP contribution < -0.4 is 4.90 Å². The van der Waals surface area contributed by atoms with Crippen molar-refractivity contribution in [3.8, 4) is 11.4 Å². The molecule has 0 bridgehead atoms. The van der Waals surface area contributed by atoms with E-state index in [4.69, 9.17) is 9.26 Å². The van der Waals surface area contributed by atoms with Gasteiger partial charge >= 0.3 is 5.97 Å². The van der Waals surface area contributed by atoms with E-state index < -0.39 is 12.1 Å². The summed E-state index contributed by atoms with van der Waals surface area (Å²) in [6.45, 7) is 3.62. The second-order valence-electron chi connectivity index (χ2n) is 7.78. The number of aryl methyl sites for hydroxylation is 1. The number of esters is 1. The molecule has 0 fully saturated rings. The van der Waals surface area contributed by atoms with E-state index in [0.29, 0.717) is 29.9 Å². The Morgan fingerprint density at radius 1 is 1.18 bits per heavy atom. The Labute approximate surface area is 189 Å². The van der Waals surface area contributed by atoms with Gasteiger partial charge in [-0.25, -0.2) is 4.39 Å². The van der Waals surface area contributed by atoms with Crippen molar-refractivity contribution in [3.63, 3.8) is 0 Å². The number of hydrogen-bond donors (Lipinski definition) is 0. The van der Waals surface area contributed by atoms with Gasteiger partial charge in [0.1, 0.15) is 5.82 Å². The van der Waals surface area contributed by atoms with Gasteiger partial charge in [-0.15, -0.1) is 0 Å². The lowest BCUT2D eigenvalue weighted by Crippen LogP contribution is -2.26. The molecule has 0 spiro atoms. The Kier molecular flexibility index (Phi) is 6.30. The van der Waals surface area contributed by atoms with Crippen LogP contribution in [0.3, 0.4) is 0 Å². The van der Waals surface area contributed by atoms with Crippen LogP contribution >= 0.6 is 0 Å². The SMILES string of the molecule is CC(=O)N1CCc2cc(C(=O)C(C)OC(=O)CCc3nc(-c4ccc(F)cc4)no3)ccc21. The Morgan fingerprint density at radius 2 is 1.94 bits per heavy atom. The van der Waals surface area contributed by atoms with E-state index >= 15 is 0 Å². The smallest absolute Gasteiger partial charge is 0.307 e. The molecule has 170 valence electrons. The highest BCUT2D eigenvalue weighted by atomic mass is 19.1. The van der Waals surface area contributed by atoms with Gasteiger partial charge in [-0.2, -0.15) is 4.98 Å². The third kappa shape index (κ3) is 4.97. The van der Waals surface area contributed by atoms with Crippen LogP contribution in [0.1, 0.15) is 42.1 Å². The minimum Gasteiger partial charge on any atom is -0.454 e. The van der Waals surface area contributed by atoms with Gasteiger partial charge < -0.3 is 14.2 Å². The van der Waals surface area contributed by atoms with E-state index in [0.717, 1.165) is 11.3 Å². The van der Waals surface area contributed by atoms with Crippen LogP contribution in [0.2, 0.25) is 0 Å². The molecule has 8 nitrogen and oxygen atoms in total. The first-order valence-corrected chi connectivity index (χ1v) is 10.5. The highest BCUT2D eigenvalue weighted by molar-refractivity contribution is 6.01. The van der Waals surface area contributed by atoms with Crippen LogP contribution in [0.4, 0.5) is 10.1 Å². The largest absolute Gasteiger partial charge is 0.454 e. The number of benzene rings is 2. The van der Waals surface area contributed by atoms with Crippen molar-refractivity contribution in [2.45, 2.75) is 39.2 Å². The standard InChI is InChI=1S/C24H22FN3O5/c1-14(23(31)18-5-8-20-17(13-18)11-12-28(20)15(2)29)32-22(30)10-9-21-26-24(27-33-21)16-3-6-19(25)7-4-16/h3-8,13-14H,9-12H2,1-2H3. The van der Waals surface area contributed by atoms with Crippen molar-refractivity contribution in [2.75, 3.05) is 11.4 Å². The van der Waals surface area contributed by atoms with Crippen molar-refractivity contribution in [1.29, 1.82) is 0 Å². The van der Waals surface area contributed by atoms with Crippen LogP contribution in [0.5, 0.6) is 0 Å². The lowest BCUT2D eigenvalue weighted by Gasteiger charge is -2.16. The van der Waals surface area contributed by atoms with Crippen molar-refractivity contribution in [2.24, 2.45) is 0 Å². The summed E-state index contributed by atoms with van der Waals surface area (Å²) in [5, 5.41) is 3.83. The number of ether oxygens (including phenoxy) is 1. The van der Waals surface area contributed by atoms with E-state index in [1.165, 1.54) is 38.1 Å². The topological polar surface area (TPSA) is 103 Å². The van der Waals surface area contributed by atoms with Gasteiger partial charge in [0.05, 0.1) is 6.42 Å². The number of rotatable bonds is 7. The van der Waals surface area contributed by atoms with Crippen LogP contribution in [-0.4, -0.2) is 40.4 Å². The molecule has 1 amide bonds. The minimum atomic E-state index is -0.960. The number of carbonyl (C=O) groups excluding carboxylic acids is 3. The zero-order valence-electron chi connectivity index (χ0n) is 18.2. The quantitative estimate of drug-likeness (QED) is 0.400. The molecule has 4 rings (SSSR count). The highest BCUT2D eigenvalue weighted by Crippen LogP contribution is 2.29. The minimum absolute atomic E-state index is 0.0406. The molecule has 2 aromatic carbocycles. The number of ketones is 1. The van der Waals surface area contributed by atoms with Gasteiger partial charge in [0, 0.05) is 36.7 Å². The molecule has 1 aliphatic rings. The number of amides is 1. The van der Waals surface area contributed by atoms with E-state index in [1.807, 2.05) is 0 Å². The molecule has 33 heavy (non-hydrogen) atoms. The maximum absolute atomic E-state index is 13.0. The number of nitrogens with zero attached hydrogens (tertiary/aromatic N) is 3. The molecule has 1 aromatic heterocycles. The second kappa shape index (κ2) is 9.32. The van der Waals surface area contributed by atoms with Crippen LogP contribution in [0.15, 0.2) is 47.0 Å². The van der Waals surface area contributed by atoms with E-state index in [9.17, 15) is 18.8 Å². The number of carbonyl (C=O) groups is 3. The molecule has 0 aliphatic carbocycles. The Bertz CT molecular complexity index is 1210. The molecule has 1 atom stereocenters. The monoisotopic (exact) mass is 451 g/mol. The van der Waals surface area contributed by atoms with E-state index in [1.54, 1.807) is 23.1 Å². The molecular formula is C24H22FN3O5. The molecule has 3 aromatic rings. The summed E-state index contributed by atoms with van der Waals surface area (Å²) in [7, 11) is 0. The summed E-state index contributed by atoms with van der Waals surface area (Å²) in [4.78, 5) is 42.5. The van der Waals surface area contributed by atoms with Crippen LogP contribution in [-0.2, 0) is 27.2 Å². The first-order chi connectivity index (χ1) is 15.8. The number of halogens is 1. The van der Waals surface area contributed by atoms with Gasteiger partial charge in [-0.05, 0) is 61.4 Å². The molecule has 2 heterocycles. The first-order valence-electron chi connectivity index (χ1n) is 10.5. The summed E-state index contributed by atoms with van der Waals surface area (Å²) in [5.41, 5.74) is 2.75. The zero-order chi connectivity index (χ0) is 23.5. The second-order valence-corrected chi connectivity index (χ2v) is 7.78. The number of anilines is 1. The molecule has 1 aliphatic heterocycles. The normalized spacial score (nSPS) is 13.5. The van der Waals surface area contributed by atoms with Gasteiger partial charge in [-0.3, -0.25) is 14.4 Å². The molecule has 0 saturated heterocycles. The number of Topliss-reactive ketones (excluding diaryl/α,β-unsaturated/α-hetero) is 1. The summed E-state index contributed by atoms with van der Waals surface area (Å²) in [6.07, 6.45) is -0.180. The number of aromatic nitrogens is 2. The van der Waals surface area contributed by atoms with Gasteiger partial charge in [0.2, 0.25) is 23.4 Å². The fraction of sp³-hybridized carbons (Fsp3) is 0.292. The molecule has 0 saturated carbocycles. The summed E-state index contributed by atoms with van der Waals surface area (Å²) in [6, 6.07) is 10.8. The van der Waals surface area contributed by atoms with Crippen molar-refractivity contribution in [1.82, 2.24) is 10.1 Å². The van der Waals surface area contributed by atoms with Crippen molar-refractivity contribution < 1.29 is 28.0 Å². The fourth-order valence-electron chi connectivity index (χ4n) is 3.71. The summed E-state index contributed by atoms with van der Waals surface area (Å²) in [5.74, 6) is -0.765. The molecule has 1 unspecified atom stereocenters. The molecule has 0 radical (unpaired) electrons. The summed E-state index contributed by atoms with van der Waals surface area (Å²) < 4.78 is 23.5. The van der Waals surface area contributed by atoms with E-state index in [-0.39, 0.29) is 36.2 Å². The number of fused-ring (bicyclic) bond motifs is 1. The average Bonchev–Trinajstić information content (AvgIpc) is 3.44.